The lowest BCUT2D eigenvalue weighted by atomic mass is 9.69. The summed E-state index contributed by atoms with van der Waals surface area (Å²) in [5, 5.41) is 0. The lowest BCUT2D eigenvalue weighted by Gasteiger charge is -2.42. The van der Waals surface area contributed by atoms with Crippen LogP contribution in [0.2, 0.25) is 0 Å². The second-order valence-electron chi connectivity index (χ2n) is 8.80. The molecule has 1 N–H and O–H groups in total. The second kappa shape index (κ2) is 8.81. The fourth-order valence-corrected chi connectivity index (χ4v) is 5.73. The molecule has 6 nitrogen and oxygen atoms in total. The third-order valence-electron chi connectivity index (χ3n) is 6.82. The first-order valence-corrected chi connectivity index (χ1v) is 12.4. The molecule has 0 aromatic heterocycles. The summed E-state index contributed by atoms with van der Waals surface area (Å²) in [7, 11) is -2.72. The molecule has 0 bridgehead atoms. The fraction of sp³-hybridized carbons (Fsp3) is 0.385. The number of rotatable bonds is 5. The highest BCUT2D eigenvalue weighted by Gasteiger charge is 2.44. The van der Waals surface area contributed by atoms with Crippen molar-refractivity contribution in [1.29, 1.82) is 0 Å². The van der Waals surface area contributed by atoms with Crippen LogP contribution in [0.25, 0.3) is 5.57 Å². The number of ether oxygens (including phenoxy) is 3. The Morgan fingerprint density at radius 1 is 1.03 bits per heavy atom. The van der Waals surface area contributed by atoms with Gasteiger partial charge in [0.2, 0.25) is 0 Å². The smallest absolute Gasteiger partial charge is 0.294 e. The van der Waals surface area contributed by atoms with E-state index in [-0.39, 0.29) is 10.8 Å². The summed E-state index contributed by atoms with van der Waals surface area (Å²) in [6.45, 7) is 8.75. The van der Waals surface area contributed by atoms with Crippen molar-refractivity contribution >= 4 is 15.7 Å². The summed E-state index contributed by atoms with van der Waals surface area (Å²) in [5.41, 5.74) is 5.34. The van der Waals surface area contributed by atoms with Crippen molar-refractivity contribution in [2.45, 2.75) is 50.4 Å². The molecule has 0 radical (unpaired) electrons. The van der Waals surface area contributed by atoms with Crippen molar-refractivity contribution in [3.8, 4) is 0 Å². The van der Waals surface area contributed by atoms with E-state index >= 15 is 0 Å². The number of benzene rings is 2. The molecule has 0 saturated carbocycles. The largest absolute Gasteiger partial charge is 0.373 e. The van der Waals surface area contributed by atoms with Crippen LogP contribution >= 0.6 is 0 Å². The molecular weight excluding hydrogens is 440 g/mol. The first-order chi connectivity index (χ1) is 15.6. The molecule has 0 amide bonds. The Balaban J connectivity index is 2.00. The van der Waals surface area contributed by atoms with Gasteiger partial charge >= 0.3 is 0 Å². The molecule has 1 aliphatic heterocycles. The maximum atomic E-state index is 12.1. The van der Waals surface area contributed by atoms with Gasteiger partial charge in [-0.15, -0.1) is 0 Å². The van der Waals surface area contributed by atoms with E-state index in [9.17, 15) is 13.0 Å². The number of methoxy groups -OCH3 is 1. The van der Waals surface area contributed by atoms with Crippen molar-refractivity contribution < 1.29 is 27.2 Å². The van der Waals surface area contributed by atoms with Gasteiger partial charge in [0.1, 0.15) is 5.60 Å². The summed E-state index contributed by atoms with van der Waals surface area (Å²) < 4.78 is 51.9. The van der Waals surface area contributed by atoms with E-state index in [1.807, 2.05) is 32.1 Å². The number of aryl methyl sites for hydroxylation is 2. The van der Waals surface area contributed by atoms with Crippen LogP contribution in [0, 0.1) is 20.8 Å². The van der Waals surface area contributed by atoms with E-state index in [0.29, 0.717) is 18.8 Å². The van der Waals surface area contributed by atoms with Gasteiger partial charge in [0.05, 0.1) is 18.1 Å². The first kappa shape index (κ1) is 23.9. The monoisotopic (exact) mass is 470 g/mol. The summed E-state index contributed by atoms with van der Waals surface area (Å²) in [5.74, 6) is -0.355. The van der Waals surface area contributed by atoms with Gasteiger partial charge < -0.3 is 14.2 Å². The quantitative estimate of drug-likeness (QED) is 0.636. The summed E-state index contributed by atoms with van der Waals surface area (Å²) in [6, 6.07) is 11.3. The Morgan fingerprint density at radius 2 is 1.70 bits per heavy atom. The lowest BCUT2D eigenvalue weighted by Crippen LogP contribution is -2.39. The normalized spacial score (nSPS) is 24.0. The maximum absolute atomic E-state index is 12.1. The van der Waals surface area contributed by atoms with Crippen molar-refractivity contribution in [3.05, 3.63) is 81.9 Å². The van der Waals surface area contributed by atoms with Gasteiger partial charge in [-0.05, 0) is 73.2 Å². The Hall–Kier alpha value is -2.29. The Kier molecular flexibility index (Phi) is 6.37. The van der Waals surface area contributed by atoms with Gasteiger partial charge in [0.15, 0.2) is 6.29 Å². The van der Waals surface area contributed by atoms with Crippen molar-refractivity contribution in [2.75, 3.05) is 20.3 Å². The molecule has 33 heavy (non-hydrogen) atoms. The van der Waals surface area contributed by atoms with Crippen LogP contribution in [-0.2, 0) is 24.3 Å². The van der Waals surface area contributed by atoms with E-state index in [4.69, 9.17) is 14.2 Å². The molecule has 2 aromatic carbocycles. The predicted octanol–water partition coefficient (Wildman–Crippen LogP) is 4.74. The van der Waals surface area contributed by atoms with E-state index in [2.05, 4.69) is 25.1 Å². The highest BCUT2D eigenvalue weighted by atomic mass is 32.2. The molecule has 4 rings (SSSR count). The molecule has 2 aliphatic rings. The molecule has 1 aliphatic carbocycles. The van der Waals surface area contributed by atoms with E-state index in [0.717, 1.165) is 33.4 Å². The molecular formula is C26H30O6S. The lowest BCUT2D eigenvalue weighted by molar-refractivity contribution is -0.0111. The molecule has 2 unspecified atom stereocenters. The van der Waals surface area contributed by atoms with Crippen LogP contribution in [-0.4, -0.2) is 45.2 Å². The summed E-state index contributed by atoms with van der Waals surface area (Å²) in [6.07, 6.45) is 3.61. The molecule has 1 saturated heterocycles. The zero-order valence-corrected chi connectivity index (χ0v) is 20.4. The molecule has 2 aromatic rings. The minimum Gasteiger partial charge on any atom is -0.373 e. The molecule has 176 valence electrons. The van der Waals surface area contributed by atoms with Gasteiger partial charge in [0, 0.05) is 18.6 Å². The molecule has 7 heteroatoms. The van der Waals surface area contributed by atoms with Gasteiger partial charge in [-0.3, -0.25) is 4.55 Å². The zero-order chi connectivity index (χ0) is 24.0. The number of hydrogen-bond acceptors (Lipinski definition) is 5. The number of hydrogen-bond donors (Lipinski definition) is 1. The van der Waals surface area contributed by atoms with Crippen molar-refractivity contribution in [1.82, 2.24) is 0 Å². The fourth-order valence-electron chi connectivity index (χ4n) is 4.99. The third kappa shape index (κ3) is 4.20. The highest BCUT2D eigenvalue weighted by molar-refractivity contribution is 7.85. The second-order valence-corrected chi connectivity index (χ2v) is 10.2. The van der Waals surface area contributed by atoms with Gasteiger partial charge in [0.25, 0.3) is 10.1 Å². The highest BCUT2D eigenvalue weighted by Crippen LogP contribution is 2.49. The molecule has 2 atom stereocenters. The summed E-state index contributed by atoms with van der Waals surface area (Å²) in [4.78, 5) is -0.100. The molecule has 1 fully saturated rings. The topological polar surface area (TPSA) is 82.1 Å². The van der Waals surface area contributed by atoms with E-state index in [1.54, 1.807) is 20.1 Å². The Labute approximate surface area is 195 Å². The van der Waals surface area contributed by atoms with E-state index < -0.39 is 22.0 Å². The molecule has 0 spiro atoms. The van der Waals surface area contributed by atoms with Crippen LogP contribution < -0.4 is 0 Å². The Bertz CT molecular complexity index is 1240. The minimum absolute atomic E-state index is 0.100. The SMILES string of the molecule is COC1(C)C(c2ccccc2C)=CC(C2OCCO2)=CC1c1c(C)ccc(S(=O)(=O)O)c1C. The van der Waals surface area contributed by atoms with E-state index in [1.165, 1.54) is 6.07 Å². The Morgan fingerprint density at radius 3 is 2.30 bits per heavy atom. The van der Waals surface area contributed by atoms with Crippen molar-refractivity contribution in [3.63, 3.8) is 0 Å². The first-order valence-electron chi connectivity index (χ1n) is 10.9. The van der Waals surface area contributed by atoms with Crippen LogP contribution in [0.1, 0.15) is 40.7 Å². The summed E-state index contributed by atoms with van der Waals surface area (Å²) >= 11 is 0. The average Bonchev–Trinajstić information content (AvgIpc) is 3.29. The standard InChI is InChI=1S/C26H30O6S/c1-16-8-6-7-9-20(16)21-14-19(25-31-12-13-32-25)15-22(26(21,4)30-5)24-17(2)10-11-23(18(24)3)33(27,28)29/h6-11,14-15,22,25H,12-13H2,1-5H3,(H,27,28,29). The van der Waals surface area contributed by atoms with Crippen LogP contribution in [0.4, 0.5) is 0 Å². The average molecular weight is 471 g/mol. The van der Waals surface area contributed by atoms with Crippen molar-refractivity contribution in [2.24, 2.45) is 0 Å². The third-order valence-corrected chi connectivity index (χ3v) is 7.82. The predicted molar refractivity (Wildman–Crippen MR) is 127 cm³/mol. The van der Waals surface area contributed by atoms with Crippen LogP contribution in [0.5, 0.6) is 0 Å². The minimum atomic E-state index is -4.38. The van der Waals surface area contributed by atoms with Gasteiger partial charge in [-0.1, -0.05) is 36.4 Å². The van der Waals surface area contributed by atoms with Gasteiger partial charge in [-0.2, -0.15) is 8.42 Å². The van der Waals surface area contributed by atoms with Crippen LogP contribution in [0.15, 0.2) is 59.0 Å². The maximum Gasteiger partial charge on any atom is 0.294 e. The zero-order valence-electron chi connectivity index (χ0n) is 19.6. The van der Waals surface area contributed by atoms with Gasteiger partial charge in [-0.25, -0.2) is 0 Å². The molecule has 1 heterocycles. The van der Waals surface area contributed by atoms with Crippen LogP contribution in [0.3, 0.4) is 0 Å².